The van der Waals surface area contributed by atoms with Gasteiger partial charge < -0.3 is 9.47 Å². The summed E-state index contributed by atoms with van der Waals surface area (Å²) < 4.78 is 9.48. The fourth-order valence-corrected chi connectivity index (χ4v) is 2.68. The lowest BCUT2D eigenvalue weighted by atomic mass is 9.84. The first-order valence-electron chi connectivity index (χ1n) is 7.24. The molecule has 0 atom stereocenters. The minimum atomic E-state index is -0.846. The van der Waals surface area contributed by atoms with E-state index in [4.69, 9.17) is 9.47 Å². The van der Waals surface area contributed by atoms with Gasteiger partial charge in [-0.1, -0.05) is 30.3 Å². The Morgan fingerprint density at radius 3 is 1.88 bits per heavy atom. The van der Waals surface area contributed by atoms with Crippen LogP contribution in [0, 0.1) is 29.6 Å². The smallest absolute Gasteiger partial charge is 0.340 e. The van der Waals surface area contributed by atoms with Gasteiger partial charge in [0, 0.05) is 5.56 Å². The van der Waals surface area contributed by atoms with Gasteiger partial charge in [0.25, 0.3) is 0 Å². The molecule has 6 nitrogen and oxygen atoms in total. The molecule has 0 aliphatic carbocycles. The molecule has 124 valence electrons. The Morgan fingerprint density at radius 2 is 1.40 bits per heavy atom. The van der Waals surface area contributed by atoms with Crippen LogP contribution in [0.1, 0.15) is 37.4 Å². The molecule has 0 amide bonds. The van der Waals surface area contributed by atoms with Crippen molar-refractivity contribution in [1.82, 2.24) is 0 Å². The Balaban J connectivity index is 3.08. The normalized spacial score (nSPS) is 9.64. The van der Waals surface area contributed by atoms with Crippen LogP contribution in [0.3, 0.4) is 0 Å². The van der Waals surface area contributed by atoms with Crippen LogP contribution in [-0.4, -0.2) is 26.2 Å². The van der Waals surface area contributed by atoms with Gasteiger partial charge in [0.05, 0.1) is 36.5 Å². The van der Waals surface area contributed by atoms with Crippen molar-refractivity contribution in [3.05, 3.63) is 58.1 Å². The zero-order valence-electron chi connectivity index (χ0n) is 13.9. The van der Waals surface area contributed by atoms with E-state index in [1.54, 1.807) is 30.3 Å². The van der Waals surface area contributed by atoms with Crippen molar-refractivity contribution in [3.8, 4) is 23.3 Å². The van der Waals surface area contributed by atoms with Crippen molar-refractivity contribution in [2.24, 2.45) is 0 Å². The van der Waals surface area contributed by atoms with E-state index in [0.717, 1.165) is 14.2 Å². The monoisotopic (exact) mass is 334 g/mol. The van der Waals surface area contributed by atoms with Crippen LogP contribution in [0.2, 0.25) is 0 Å². The maximum absolute atomic E-state index is 12.3. The zero-order chi connectivity index (χ0) is 18.6. The highest BCUT2D eigenvalue weighted by Crippen LogP contribution is 2.35. The summed E-state index contributed by atoms with van der Waals surface area (Å²) in [7, 11) is 2.31. The van der Waals surface area contributed by atoms with Crippen LogP contribution in [0.5, 0.6) is 0 Å². The van der Waals surface area contributed by atoms with Crippen molar-refractivity contribution < 1.29 is 19.1 Å². The van der Waals surface area contributed by atoms with Crippen LogP contribution in [0.4, 0.5) is 0 Å². The van der Waals surface area contributed by atoms with Gasteiger partial charge in [0.1, 0.15) is 12.1 Å². The molecule has 2 rings (SSSR count). The third kappa shape index (κ3) is 2.93. The summed E-state index contributed by atoms with van der Waals surface area (Å²) in [6.07, 6.45) is 0. The molecule has 0 saturated carbocycles. The molecule has 0 unspecified atom stereocenters. The van der Waals surface area contributed by atoms with Crippen LogP contribution in [-0.2, 0) is 9.47 Å². The Kier molecular flexibility index (Phi) is 5.16. The minimum absolute atomic E-state index is 0.0967. The van der Waals surface area contributed by atoms with Gasteiger partial charge in [-0.25, -0.2) is 9.59 Å². The van der Waals surface area contributed by atoms with Crippen LogP contribution in [0.15, 0.2) is 30.3 Å². The number of hydrogen-bond donors (Lipinski definition) is 0. The molecule has 0 spiro atoms. The second-order valence-corrected chi connectivity index (χ2v) is 5.07. The van der Waals surface area contributed by atoms with Crippen molar-refractivity contribution in [2.45, 2.75) is 6.92 Å². The molecule has 0 heterocycles. The Morgan fingerprint density at radius 1 is 0.880 bits per heavy atom. The fraction of sp³-hybridized carbons (Fsp3) is 0.158. The number of nitrogens with zero attached hydrogens (tertiary/aromatic N) is 2. The summed E-state index contributed by atoms with van der Waals surface area (Å²) in [5.41, 5.74) is 0.828. The molecular formula is C19H14N2O4. The first kappa shape index (κ1) is 17.7. The van der Waals surface area contributed by atoms with Gasteiger partial charge >= 0.3 is 11.9 Å². The molecule has 2 aromatic carbocycles. The number of hydrogen-bond acceptors (Lipinski definition) is 6. The van der Waals surface area contributed by atoms with Gasteiger partial charge in [0.15, 0.2) is 0 Å². The average Bonchev–Trinajstić information content (AvgIpc) is 2.66. The van der Waals surface area contributed by atoms with E-state index < -0.39 is 11.9 Å². The molecule has 2 aromatic rings. The van der Waals surface area contributed by atoms with Crippen molar-refractivity contribution in [2.75, 3.05) is 14.2 Å². The summed E-state index contributed by atoms with van der Waals surface area (Å²) in [6, 6.07) is 12.7. The van der Waals surface area contributed by atoms with Gasteiger partial charge in [-0.3, -0.25) is 0 Å². The summed E-state index contributed by atoms with van der Waals surface area (Å²) in [5, 5.41) is 19.3. The number of ether oxygens (including phenoxy) is 2. The molecule has 0 saturated heterocycles. The topological polar surface area (TPSA) is 100 Å². The number of nitriles is 2. The highest BCUT2D eigenvalue weighted by Gasteiger charge is 2.31. The third-order valence-electron chi connectivity index (χ3n) is 3.82. The minimum Gasteiger partial charge on any atom is -0.465 e. The first-order valence-corrected chi connectivity index (χ1v) is 7.24. The molecule has 0 aliphatic rings. The molecule has 6 heteroatoms. The van der Waals surface area contributed by atoms with Gasteiger partial charge in [-0.2, -0.15) is 10.5 Å². The molecule has 0 radical (unpaired) electrons. The van der Waals surface area contributed by atoms with E-state index >= 15 is 0 Å². The van der Waals surface area contributed by atoms with Crippen molar-refractivity contribution in [1.29, 1.82) is 10.5 Å². The van der Waals surface area contributed by atoms with E-state index in [0.29, 0.717) is 5.56 Å². The van der Waals surface area contributed by atoms with Crippen LogP contribution >= 0.6 is 0 Å². The number of rotatable bonds is 3. The standard InChI is InChI=1S/C19H14N2O4/c1-11-13(9-20)16(12-7-5-4-6-8-12)14(10-21)17(19(23)25-3)15(11)18(22)24-2/h4-8H,1-3H3. The highest BCUT2D eigenvalue weighted by molar-refractivity contribution is 6.08. The van der Waals surface area contributed by atoms with E-state index in [1.165, 1.54) is 6.92 Å². The maximum atomic E-state index is 12.3. The van der Waals surface area contributed by atoms with Crippen molar-refractivity contribution in [3.63, 3.8) is 0 Å². The Labute approximate surface area is 144 Å². The molecule has 0 fully saturated rings. The quantitative estimate of drug-likeness (QED) is 0.800. The van der Waals surface area contributed by atoms with E-state index in [1.807, 2.05) is 12.1 Å². The summed E-state index contributed by atoms with van der Waals surface area (Å²) >= 11 is 0. The van der Waals surface area contributed by atoms with Gasteiger partial charge in [0.2, 0.25) is 0 Å². The lowest BCUT2D eigenvalue weighted by Gasteiger charge is -2.17. The average molecular weight is 334 g/mol. The second-order valence-electron chi connectivity index (χ2n) is 5.07. The molecule has 0 aliphatic heterocycles. The Bertz CT molecular complexity index is 935. The third-order valence-corrected chi connectivity index (χ3v) is 3.82. The highest BCUT2D eigenvalue weighted by atomic mass is 16.5. The SMILES string of the molecule is COC(=O)c1c(C)c(C#N)c(-c2ccccc2)c(C#N)c1C(=O)OC. The maximum Gasteiger partial charge on any atom is 0.340 e. The van der Waals surface area contributed by atoms with Gasteiger partial charge in [-0.15, -0.1) is 0 Å². The first-order chi connectivity index (χ1) is 12.0. The number of carbonyl (C=O) groups excluding carboxylic acids is 2. The largest absolute Gasteiger partial charge is 0.465 e. The number of esters is 2. The summed E-state index contributed by atoms with van der Waals surface area (Å²) in [4.78, 5) is 24.5. The van der Waals surface area contributed by atoms with E-state index in [2.05, 4.69) is 0 Å². The summed E-state index contributed by atoms with van der Waals surface area (Å²) in [5.74, 6) is -1.66. The lowest BCUT2D eigenvalue weighted by molar-refractivity contribution is 0.0554. The fourth-order valence-electron chi connectivity index (χ4n) is 2.68. The zero-order valence-corrected chi connectivity index (χ0v) is 13.9. The molecular weight excluding hydrogens is 320 g/mol. The molecule has 0 bridgehead atoms. The summed E-state index contributed by atoms with van der Waals surface area (Å²) in [6.45, 7) is 1.53. The predicted molar refractivity (Wildman–Crippen MR) is 88.7 cm³/mol. The number of carbonyl (C=O) groups is 2. The molecule has 0 N–H and O–H groups in total. The van der Waals surface area contributed by atoms with E-state index in [9.17, 15) is 20.1 Å². The van der Waals surface area contributed by atoms with Gasteiger partial charge in [-0.05, 0) is 18.1 Å². The van der Waals surface area contributed by atoms with Crippen LogP contribution in [0.25, 0.3) is 11.1 Å². The van der Waals surface area contributed by atoms with Crippen LogP contribution < -0.4 is 0 Å². The number of methoxy groups -OCH3 is 2. The molecule has 25 heavy (non-hydrogen) atoms. The Hall–Kier alpha value is -3.64. The second kappa shape index (κ2) is 7.29. The molecule has 0 aromatic heterocycles. The van der Waals surface area contributed by atoms with E-state index in [-0.39, 0.29) is 33.4 Å². The van der Waals surface area contributed by atoms with Crippen molar-refractivity contribution >= 4 is 11.9 Å². The number of benzene rings is 2. The predicted octanol–water partition coefficient (Wildman–Crippen LogP) is 2.98. The lowest BCUT2D eigenvalue weighted by Crippen LogP contribution is -2.18.